The molecule has 2 amide bonds. The zero-order valence-electron chi connectivity index (χ0n) is 24.7. The number of ether oxygens (including phenoxy) is 2. The Kier molecular flexibility index (Phi) is 14.2. The summed E-state index contributed by atoms with van der Waals surface area (Å²) >= 11 is 2.05. The highest BCUT2D eigenvalue weighted by atomic mass is 127. The second-order valence-electron chi connectivity index (χ2n) is 10.6. The smallest absolute Gasteiger partial charge is 0.247 e. The Balaban J connectivity index is 1.98. The molecule has 0 radical (unpaired) electrons. The summed E-state index contributed by atoms with van der Waals surface area (Å²) in [5, 5.41) is 33.3. The number of carbonyl (C=O) groups is 2. The number of nitrogens with one attached hydrogen (secondary N) is 1. The van der Waals surface area contributed by atoms with E-state index in [-0.39, 0.29) is 45.1 Å². The summed E-state index contributed by atoms with van der Waals surface area (Å²) in [6.45, 7) is 1.83. The van der Waals surface area contributed by atoms with Crippen molar-refractivity contribution in [3.05, 3.63) is 68.6 Å². The molecule has 0 bridgehead atoms. The Morgan fingerprint density at radius 2 is 1.81 bits per heavy atom. The van der Waals surface area contributed by atoms with Crippen LogP contribution in [-0.4, -0.2) is 70.5 Å². The van der Waals surface area contributed by atoms with Crippen molar-refractivity contribution in [1.29, 1.82) is 0 Å². The van der Waals surface area contributed by atoms with Gasteiger partial charge in [-0.3, -0.25) is 9.59 Å². The van der Waals surface area contributed by atoms with Gasteiger partial charge in [-0.2, -0.15) is 0 Å². The van der Waals surface area contributed by atoms with Gasteiger partial charge in [0.15, 0.2) is 11.5 Å². The number of benzene rings is 2. The predicted octanol–water partition coefficient (Wildman–Crippen LogP) is 4.24. The SMILES string of the molecule is CCCCCCCC(=O)N(Cc1ccc(F)cc1)C1CC(C(=O)NCCO)=CC(Oc2c(I)cc(CO)cc2OC)C1O. The largest absolute Gasteiger partial charge is 0.493 e. The Morgan fingerprint density at radius 1 is 1.09 bits per heavy atom. The van der Waals surface area contributed by atoms with Gasteiger partial charge in [-0.05, 0) is 70.5 Å². The van der Waals surface area contributed by atoms with Crippen LogP contribution in [0.2, 0.25) is 0 Å². The van der Waals surface area contributed by atoms with Crippen LogP contribution in [0.15, 0.2) is 48.0 Å². The fourth-order valence-corrected chi connectivity index (χ4v) is 5.89. The molecule has 0 fully saturated rings. The van der Waals surface area contributed by atoms with E-state index in [1.807, 2.05) is 22.6 Å². The topological polar surface area (TPSA) is 129 Å². The zero-order valence-corrected chi connectivity index (χ0v) is 26.9. The summed E-state index contributed by atoms with van der Waals surface area (Å²) < 4.78 is 26.1. The number of amides is 2. The minimum absolute atomic E-state index is 0.0409. The van der Waals surface area contributed by atoms with Crippen LogP contribution in [0.5, 0.6) is 11.5 Å². The van der Waals surface area contributed by atoms with Crippen molar-refractivity contribution >= 4 is 34.4 Å². The van der Waals surface area contributed by atoms with Gasteiger partial charge < -0.3 is 35.0 Å². The van der Waals surface area contributed by atoms with Crippen molar-refractivity contribution < 1.29 is 38.8 Å². The number of carbonyl (C=O) groups excluding carboxylic acids is 2. The van der Waals surface area contributed by atoms with Gasteiger partial charge in [0.05, 0.1) is 29.9 Å². The number of halogens is 2. The van der Waals surface area contributed by atoms with Crippen molar-refractivity contribution in [1.82, 2.24) is 10.2 Å². The molecule has 2 aromatic rings. The van der Waals surface area contributed by atoms with Gasteiger partial charge in [-0.15, -0.1) is 0 Å². The van der Waals surface area contributed by atoms with E-state index in [1.54, 1.807) is 29.2 Å². The minimum Gasteiger partial charge on any atom is -0.493 e. The molecule has 3 unspecified atom stereocenters. The molecule has 0 heterocycles. The highest BCUT2D eigenvalue weighted by molar-refractivity contribution is 14.1. The summed E-state index contributed by atoms with van der Waals surface area (Å²) in [5.41, 5.74) is 1.60. The predicted molar refractivity (Wildman–Crippen MR) is 169 cm³/mol. The first-order valence-electron chi connectivity index (χ1n) is 14.7. The van der Waals surface area contributed by atoms with E-state index in [0.29, 0.717) is 38.2 Å². The van der Waals surface area contributed by atoms with Crippen LogP contribution in [0, 0.1) is 9.39 Å². The van der Waals surface area contributed by atoms with Crippen LogP contribution in [0.4, 0.5) is 4.39 Å². The summed E-state index contributed by atoms with van der Waals surface area (Å²) in [6, 6.07) is 8.37. The Labute approximate surface area is 266 Å². The summed E-state index contributed by atoms with van der Waals surface area (Å²) in [4.78, 5) is 28.4. The van der Waals surface area contributed by atoms with Crippen LogP contribution in [0.3, 0.4) is 0 Å². The van der Waals surface area contributed by atoms with Crippen molar-refractivity contribution in [3.8, 4) is 11.5 Å². The lowest BCUT2D eigenvalue weighted by Crippen LogP contribution is -2.54. The van der Waals surface area contributed by atoms with Crippen LogP contribution >= 0.6 is 22.6 Å². The number of aliphatic hydroxyl groups is 3. The zero-order chi connectivity index (χ0) is 31.4. The monoisotopic (exact) mass is 712 g/mol. The maximum Gasteiger partial charge on any atom is 0.247 e. The Bertz CT molecular complexity index is 1240. The van der Waals surface area contributed by atoms with Gasteiger partial charge in [0.2, 0.25) is 11.8 Å². The molecule has 3 atom stereocenters. The number of hydrogen-bond donors (Lipinski definition) is 4. The quantitative estimate of drug-likeness (QED) is 0.152. The van der Waals surface area contributed by atoms with Gasteiger partial charge >= 0.3 is 0 Å². The molecule has 0 saturated carbocycles. The highest BCUT2D eigenvalue weighted by Gasteiger charge is 2.41. The molecule has 1 aliphatic carbocycles. The lowest BCUT2D eigenvalue weighted by molar-refractivity contribution is -0.139. The van der Waals surface area contributed by atoms with E-state index >= 15 is 0 Å². The second kappa shape index (κ2) is 17.5. The third-order valence-corrected chi connectivity index (χ3v) is 8.22. The fraction of sp³-hybridized carbons (Fsp3) is 0.500. The van der Waals surface area contributed by atoms with Crippen LogP contribution < -0.4 is 14.8 Å². The van der Waals surface area contributed by atoms with Crippen molar-refractivity contribution in [2.75, 3.05) is 20.3 Å². The Morgan fingerprint density at radius 3 is 2.47 bits per heavy atom. The maximum atomic E-state index is 13.7. The average molecular weight is 713 g/mol. The molecule has 236 valence electrons. The summed E-state index contributed by atoms with van der Waals surface area (Å²) in [5.74, 6) is -0.351. The van der Waals surface area contributed by atoms with Crippen molar-refractivity contribution in [2.24, 2.45) is 0 Å². The van der Waals surface area contributed by atoms with Gasteiger partial charge in [0.25, 0.3) is 0 Å². The molecule has 3 rings (SSSR count). The third-order valence-electron chi connectivity index (χ3n) is 7.42. The van der Waals surface area contributed by atoms with Crippen LogP contribution in [0.25, 0.3) is 0 Å². The second-order valence-corrected chi connectivity index (χ2v) is 11.8. The van der Waals surface area contributed by atoms with E-state index in [0.717, 1.165) is 25.7 Å². The molecular formula is C32H42FIN2O7. The molecule has 11 heteroatoms. The maximum absolute atomic E-state index is 13.7. The molecule has 43 heavy (non-hydrogen) atoms. The van der Waals surface area contributed by atoms with E-state index in [9.17, 15) is 29.3 Å². The molecular weight excluding hydrogens is 670 g/mol. The normalized spacial score (nSPS) is 18.1. The number of nitrogens with zero attached hydrogens (tertiary/aromatic N) is 1. The molecule has 0 saturated heterocycles. The molecule has 0 aliphatic heterocycles. The highest BCUT2D eigenvalue weighted by Crippen LogP contribution is 2.37. The van der Waals surface area contributed by atoms with Gasteiger partial charge in [0, 0.05) is 31.5 Å². The molecule has 2 aromatic carbocycles. The first kappa shape index (κ1) is 34.7. The summed E-state index contributed by atoms with van der Waals surface area (Å²) in [6.07, 6.45) is 4.38. The standard InChI is InChI=1S/C32H42FIN2O7/c1-3-4-5-6-7-8-29(39)36(19-21-9-11-24(33)12-10-21)26-17-23(32(41)35-13-14-37)18-27(30(26)40)43-31-25(34)15-22(20-38)16-28(31)42-2/h9-12,15-16,18,26-27,30,37-38,40H,3-8,13-14,17,19-20H2,1-2H3,(H,35,41). The number of aliphatic hydroxyl groups excluding tert-OH is 3. The van der Waals surface area contributed by atoms with E-state index < -0.39 is 30.0 Å². The van der Waals surface area contributed by atoms with Crippen LogP contribution in [0.1, 0.15) is 63.0 Å². The number of hydrogen-bond acceptors (Lipinski definition) is 7. The first-order valence-corrected chi connectivity index (χ1v) is 15.8. The molecule has 9 nitrogen and oxygen atoms in total. The minimum atomic E-state index is -1.23. The average Bonchev–Trinajstić information content (AvgIpc) is 3.01. The molecule has 0 spiro atoms. The first-order chi connectivity index (χ1) is 20.7. The van der Waals surface area contributed by atoms with Gasteiger partial charge in [0.1, 0.15) is 18.0 Å². The van der Waals surface area contributed by atoms with Crippen molar-refractivity contribution in [2.45, 2.75) is 83.3 Å². The number of methoxy groups -OCH3 is 1. The number of unbranched alkanes of at least 4 members (excludes halogenated alkanes) is 4. The van der Waals surface area contributed by atoms with E-state index in [1.165, 1.54) is 25.3 Å². The number of rotatable bonds is 16. The van der Waals surface area contributed by atoms with Crippen LogP contribution in [-0.2, 0) is 22.7 Å². The summed E-state index contributed by atoms with van der Waals surface area (Å²) in [7, 11) is 1.47. The van der Waals surface area contributed by atoms with Gasteiger partial charge in [-0.25, -0.2) is 4.39 Å². The molecule has 1 aliphatic rings. The lowest BCUT2D eigenvalue weighted by Gasteiger charge is -2.41. The van der Waals surface area contributed by atoms with Gasteiger partial charge in [-0.1, -0.05) is 44.7 Å². The fourth-order valence-electron chi connectivity index (χ4n) is 5.09. The lowest BCUT2D eigenvalue weighted by atomic mass is 9.87. The molecule has 4 N–H and O–H groups in total. The van der Waals surface area contributed by atoms with E-state index in [2.05, 4.69) is 12.2 Å². The van der Waals surface area contributed by atoms with E-state index in [4.69, 9.17) is 9.47 Å². The molecule has 0 aromatic heterocycles. The third kappa shape index (κ3) is 9.88. The van der Waals surface area contributed by atoms with Crippen molar-refractivity contribution in [3.63, 3.8) is 0 Å². The Hall–Kier alpha value is -2.74.